The molecule has 0 radical (unpaired) electrons. The summed E-state index contributed by atoms with van der Waals surface area (Å²) in [4.78, 5) is 32.7. The van der Waals surface area contributed by atoms with Crippen molar-refractivity contribution in [3.05, 3.63) is 27.8 Å². The predicted octanol–water partition coefficient (Wildman–Crippen LogP) is 2.19. The van der Waals surface area contributed by atoms with Gasteiger partial charge in [-0.25, -0.2) is 0 Å². The number of halogens is 2. The summed E-state index contributed by atoms with van der Waals surface area (Å²) in [6.07, 6.45) is 0.612. The van der Waals surface area contributed by atoms with Gasteiger partial charge in [0.2, 0.25) is 0 Å². The first-order chi connectivity index (χ1) is 11.8. The number of nitrogens with zero attached hydrogens (tertiary/aromatic N) is 1. The van der Waals surface area contributed by atoms with E-state index in [1.807, 2.05) is 0 Å². The van der Waals surface area contributed by atoms with Crippen molar-refractivity contribution in [2.45, 2.75) is 25.9 Å². The van der Waals surface area contributed by atoms with Gasteiger partial charge in [0.1, 0.15) is 5.56 Å². The van der Waals surface area contributed by atoms with Crippen molar-refractivity contribution in [2.24, 2.45) is 0 Å². The fourth-order valence-electron chi connectivity index (χ4n) is 1.93. The molecule has 0 aromatic heterocycles. The van der Waals surface area contributed by atoms with Gasteiger partial charge < -0.3 is 19.9 Å². The lowest BCUT2D eigenvalue weighted by Gasteiger charge is -2.12. The van der Waals surface area contributed by atoms with E-state index in [0.29, 0.717) is 18.9 Å². The monoisotopic (exact) mass is 362 g/mol. The van der Waals surface area contributed by atoms with E-state index in [1.165, 1.54) is 0 Å². The standard InChI is InChI=1S/C14H16F2N2O7/c1-24-10-6-8(13(21)17-5-3-2-4-12(19)20)9(18(22)23)7-11(10)25-14(15)16/h6-7,14H,2-5H2,1H3,(H,17,21)(H,19,20). The lowest BCUT2D eigenvalue weighted by molar-refractivity contribution is -0.385. The second kappa shape index (κ2) is 9.35. The zero-order chi connectivity index (χ0) is 19.0. The molecule has 0 heterocycles. The predicted molar refractivity (Wildman–Crippen MR) is 80.1 cm³/mol. The molecule has 1 rings (SSSR count). The maximum absolute atomic E-state index is 12.4. The molecule has 1 aromatic carbocycles. The lowest BCUT2D eigenvalue weighted by Crippen LogP contribution is -2.25. The van der Waals surface area contributed by atoms with Crippen molar-refractivity contribution < 1.29 is 37.9 Å². The highest BCUT2D eigenvalue weighted by molar-refractivity contribution is 5.99. The number of carboxylic acid groups (broad SMARTS) is 1. The molecule has 25 heavy (non-hydrogen) atoms. The van der Waals surface area contributed by atoms with Gasteiger partial charge in [-0.15, -0.1) is 0 Å². The number of carbonyl (C=O) groups is 2. The highest BCUT2D eigenvalue weighted by Crippen LogP contribution is 2.35. The lowest BCUT2D eigenvalue weighted by atomic mass is 10.1. The average molecular weight is 362 g/mol. The van der Waals surface area contributed by atoms with E-state index < -0.39 is 34.8 Å². The van der Waals surface area contributed by atoms with Crippen LogP contribution in [-0.2, 0) is 4.79 Å². The number of alkyl halides is 2. The van der Waals surface area contributed by atoms with Crippen LogP contribution in [-0.4, -0.2) is 42.2 Å². The Bertz CT molecular complexity index is 652. The van der Waals surface area contributed by atoms with Gasteiger partial charge in [-0.1, -0.05) is 0 Å². The van der Waals surface area contributed by atoms with Crippen LogP contribution in [0.3, 0.4) is 0 Å². The van der Waals surface area contributed by atoms with Crippen LogP contribution >= 0.6 is 0 Å². The first-order valence-electron chi connectivity index (χ1n) is 7.07. The Labute approximate surface area is 140 Å². The third-order valence-corrected chi connectivity index (χ3v) is 3.04. The number of hydrogen-bond donors (Lipinski definition) is 2. The van der Waals surface area contributed by atoms with Crippen LogP contribution in [0.15, 0.2) is 12.1 Å². The van der Waals surface area contributed by atoms with Crippen molar-refractivity contribution in [1.82, 2.24) is 5.32 Å². The summed E-state index contributed by atoms with van der Waals surface area (Å²) in [6, 6.07) is 1.62. The molecule has 2 N–H and O–H groups in total. The smallest absolute Gasteiger partial charge is 0.387 e. The van der Waals surface area contributed by atoms with Gasteiger partial charge in [-0.2, -0.15) is 8.78 Å². The molecule has 138 valence electrons. The van der Waals surface area contributed by atoms with Gasteiger partial charge in [0.05, 0.1) is 18.1 Å². The SMILES string of the molecule is COc1cc(C(=O)NCCCCC(=O)O)c([N+](=O)[O-])cc1OC(F)F. The number of benzene rings is 1. The molecule has 0 aliphatic heterocycles. The second-order valence-electron chi connectivity index (χ2n) is 4.76. The molecule has 0 fully saturated rings. The van der Waals surface area contributed by atoms with Crippen molar-refractivity contribution >= 4 is 17.6 Å². The molecule has 0 saturated carbocycles. The third-order valence-electron chi connectivity index (χ3n) is 3.04. The van der Waals surface area contributed by atoms with Gasteiger partial charge >= 0.3 is 12.6 Å². The summed E-state index contributed by atoms with van der Waals surface area (Å²) >= 11 is 0. The number of carbonyl (C=O) groups excluding carboxylic acids is 1. The number of methoxy groups -OCH3 is 1. The van der Waals surface area contributed by atoms with Crippen LogP contribution < -0.4 is 14.8 Å². The molecule has 0 aliphatic carbocycles. The van der Waals surface area contributed by atoms with Crippen molar-refractivity contribution in [3.63, 3.8) is 0 Å². The van der Waals surface area contributed by atoms with Crippen molar-refractivity contribution in [1.29, 1.82) is 0 Å². The minimum atomic E-state index is -3.22. The number of aliphatic carboxylic acids is 1. The van der Waals surface area contributed by atoms with E-state index in [2.05, 4.69) is 10.1 Å². The zero-order valence-electron chi connectivity index (χ0n) is 13.2. The normalized spacial score (nSPS) is 10.4. The summed E-state index contributed by atoms with van der Waals surface area (Å²) in [5.41, 5.74) is -1.11. The molecular weight excluding hydrogens is 346 g/mol. The van der Waals surface area contributed by atoms with Gasteiger partial charge in [0.15, 0.2) is 11.5 Å². The zero-order valence-corrected chi connectivity index (χ0v) is 13.2. The summed E-state index contributed by atoms with van der Waals surface area (Å²) < 4.78 is 33.7. The van der Waals surface area contributed by atoms with Crippen LogP contribution in [0.2, 0.25) is 0 Å². The minimum absolute atomic E-state index is 0.0660. The second-order valence-corrected chi connectivity index (χ2v) is 4.76. The molecule has 0 bridgehead atoms. The summed E-state index contributed by atoms with van der Waals surface area (Å²) in [5.74, 6) is -2.62. The highest BCUT2D eigenvalue weighted by atomic mass is 19.3. The largest absolute Gasteiger partial charge is 0.493 e. The first-order valence-corrected chi connectivity index (χ1v) is 7.07. The van der Waals surface area contributed by atoms with Crippen LogP contribution in [0.25, 0.3) is 0 Å². The number of nitro groups is 1. The van der Waals surface area contributed by atoms with E-state index in [-0.39, 0.29) is 24.3 Å². The Morgan fingerprint density at radius 2 is 2.00 bits per heavy atom. The molecule has 0 aliphatic rings. The minimum Gasteiger partial charge on any atom is -0.493 e. The van der Waals surface area contributed by atoms with Crippen LogP contribution in [0.4, 0.5) is 14.5 Å². The molecule has 9 nitrogen and oxygen atoms in total. The van der Waals surface area contributed by atoms with Crippen LogP contribution in [0.1, 0.15) is 29.6 Å². The molecule has 1 amide bonds. The number of hydrogen-bond acceptors (Lipinski definition) is 6. The molecule has 1 aromatic rings. The number of nitrogens with one attached hydrogen (secondary N) is 1. The Balaban J connectivity index is 2.94. The summed E-state index contributed by atoms with van der Waals surface area (Å²) in [7, 11) is 1.13. The van der Waals surface area contributed by atoms with Gasteiger partial charge in [0.25, 0.3) is 11.6 Å². The Hall–Kier alpha value is -2.98. The Morgan fingerprint density at radius 3 is 2.52 bits per heavy atom. The van der Waals surface area contributed by atoms with E-state index >= 15 is 0 Å². The number of amides is 1. The van der Waals surface area contributed by atoms with Gasteiger partial charge in [-0.05, 0) is 12.8 Å². The average Bonchev–Trinajstić information content (AvgIpc) is 2.52. The number of nitro benzene ring substituents is 1. The topological polar surface area (TPSA) is 128 Å². The number of ether oxygens (including phenoxy) is 2. The number of unbranched alkanes of at least 4 members (excludes halogenated alkanes) is 1. The van der Waals surface area contributed by atoms with E-state index in [0.717, 1.165) is 13.2 Å². The van der Waals surface area contributed by atoms with E-state index in [9.17, 15) is 28.5 Å². The Kier molecular flexibility index (Phi) is 7.50. The molecule has 0 saturated heterocycles. The van der Waals surface area contributed by atoms with Crippen LogP contribution in [0, 0.1) is 10.1 Å². The maximum atomic E-state index is 12.4. The van der Waals surface area contributed by atoms with Crippen molar-refractivity contribution in [3.8, 4) is 11.5 Å². The fraction of sp³-hybridized carbons (Fsp3) is 0.429. The quantitative estimate of drug-likeness (QED) is 0.371. The number of carboxylic acids is 1. The first kappa shape index (κ1) is 20.1. The molecular formula is C14H16F2N2O7. The number of rotatable bonds is 10. The van der Waals surface area contributed by atoms with Gasteiger partial charge in [-0.3, -0.25) is 19.7 Å². The van der Waals surface area contributed by atoms with E-state index in [1.54, 1.807) is 0 Å². The molecule has 0 unspecified atom stereocenters. The third kappa shape index (κ3) is 6.20. The van der Waals surface area contributed by atoms with Crippen molar-refractivity contribution in [2.75, 3.05) is 13.7 Å². The molecule has 0 spiro atoms. The fourth-order valence-corrected chi connectivity index (χ4v) is 1.93. The van der Waals surface area contributed by atoms with Gasteiger partial charge in [0, 0.05) is 19.0 Å². The summed E-state index contributed by atoms with van der Waals surface area (Å²) in [5, 5.41) is 22.0. The highest BCUT2D eigenvalue weighted by Gasteiger charge is 2.25. The molecule has 11 heteroatoms. The Morgan fingerprint density at radius 1 is 1.32 bits per heavy atom. The maximum Gasteiger partial charge on any atom is 0.387 e. The molecule has 0 atom stereocenters. The van der Waals surface area contributed by atoms with E-state index in [4.69, 9.17) is 9.84 Å². The summed E-state index contributed by atoms with van der Waals surface area (Å²) in [6.45, 7) is -3.12. The van der Waals surface area contributed by atoms with Crippen LogP contribution in [0.5, 0.6) is 11.5 Å².